The highest BCUT2D eigenvalue weighted by atomic mass is 15.1. The van der Waals surface area contributed by atoms with Crippen LogP contribution in [0.1, 0.15) is 25.5 Å². The van der Waals surface area contributed by atoms with Crippen molar-refractivity contribution >= 4 is 16.9 Å². The number of rotatable bonds is 3. The molecule has 0 radical (unpaired) electrons. The van der Waals surface area contributed by atoms with Crippen LogP contribution >= 0.6 is 0 Å². The van der Waals surface area contributed by atoms with E-state index in [1.54, 1.807) is 0 Å². The lowest BCUT2D eigenvalue weighted by Crippen LogP contribution is -2.05. The summed E-state index contributed by atoms with van der Waals surface area (Å²) in [6, 6.07) is 0.363. The highest BCUT2D eigenvalue weighted by Gasteiger charge is 2.13. The second kappa shape index (κ2) is 4.09. The zero-order valence-corrected chi connectivity index (χ0v) is 9.86. The van der Waals surface area contributed by atoms with E-state index in [-0.39, 0.29) is 0 Å². The van der Waals surface area contributed by atoms with E-state index >= 15 is 0 Å². The van der Waals surface area contributed by atoms with Gasteiger partial charge in [0.2, 0.25) is 0 Å². The van der Waals surface area contributed by atoms with Gasteiger partial charge in [0.25, 0.3) is 0 Å². The van der Waals surface area contributed by atoms with Gasteiger partial charge in [-0.15, -0.1) is 0 Å². The first-order chi connectivity index (χ1) is 7.65. The lowest BCUT2D eigenvalue weighted by Gasteiger charge is -2.07. The summed E-state index contributed by atoms with van der Waals surface area (Å²) in [4.78, 5) is 8.36. The van der Waals surface area contributed by atoms with Crippen molar-refractivity contribution in [3.63, 3.8) is 0 Å². The Morgan fingerprint density at radius 1 is 1.44 bits per heavy atom. The molecule has 0 bridgehead atoms. The zero-order chi connectivity index (χ0) is 11.7. The van der Waals surface area contributed by atoms with Crippen molar-refractivity contribution in [3.05, 3.63) is 18.1 Å². The molecule has 0 unspecified atom stereocenters. The number of nitrogens with two attached hydrogens (primary N) is 1. The standard InChI is InChI=1S/C11H17N5/c1-7(2)16-5-8(4-13-3)9-10(12)14-6-15-11(9)16/h5-7,13H,4H2,1-3H3,(H2,12,14,15). The molecule has 0 saturated carbocycles. The minimum atomic E-state index is 0.363. The van der Waals surface area contributed by atoms with Gasteiger partial charge in [-0.2, -0.15) is 0 Å². The molecule has 5 nitrogen and oxygen atoms in total. The predicted octanol–water partition coefficient (Wildman–Crippen LogP) is 1.31. The van der Waals surface area contributed by atoms with Gasteiger partial charge in [-0.05, 0) is 26.5 Å². The van der Waals surface area contributed by atoms with Crippen molar-refractivity contribution in [3.8, 4) is 0 Å². The monoisotopic (exact) mass is 219 g/mol. The molecule has 3 N–H and O–H groups in total. The SMILES string of the molecule is CNCc1cn(C(C)C)c2ncnc(N)c12. The Morgan fingerprint density at radius 3 is 2.81 bits per heavy atom. The second-order valence-electron chi connectivity index (χ2n) is 4.14. The summed E-state index contributed by atoms with van der Waals surface area (Å²) in [6.07, 6.45) is 3.61. The van der Waals surface area contributed by atoms with Crippen LogP contribution in [0.4, 0.5) is 5.82 Å². The Bertz CT molecular complexity index is 500. The molecule has 0 aliphatic heterocycles. The molecule has 5 heteroatoms. The number of anilines is 1. The van der Waals surface area contributed by atoms with E-state index in [2.05, 4.69) is 39.9 Å². The van der Waals surface area contributed by atoms with Crippen LogP contribution in [0.3, 0.4) is 0 Å². The molecule has 16 heavy (non-hydrogen) atoms. The molecule has 0 fully saturated rings. The summed E-state index contributed by atoms with van der Waals surface area (Å²) in [5.74, 6) is 0.551. The summed E-state index contributed by atoms with van der Waals surface area (Å²) < 4.78 is 2.13. The molecule has 2 heterocycles. The Kier molecular flexibility index (Phi) is 2.78. The van der Waals surface area contributed by atoms with Crippen molar-refractivity contribution in [1.29, 1.82) is 0 Å². The van der Waals surface area contributed by atoms with Gasteiger partial charge in [0.05, 0.1) is 5.39 Å². The Morgan fingerprint density at radius 2 is 2.19 bits per heavy atom. The molecular formula is C11H17N5. The van der Waals surface area contributed by atoms with E-state index in [9.17, 15) is 0 Å². The van der Waals surface area contributed by atoms with Crippen molar-refractivity contribution in [2.75, 3.05) is 12.8 Å². The van der Waals surface area contributed by atoms with Crippen LogP contribution in [0.2, 0.25) is 0 Å². The molecule has 0 aliphatic carbocycles. The van der Waals surface area contributed by atoms with Crippen LogP contribution in [0, 0.1) is 0 Å². The van der Waals surface area contributed by atoms with Gasteiger partial charge in [0.1, 0.15) is 17.8 Å². The van der Waals surface area contributed by atoms with Crippen LogP contribution < -0.4 is 11.1 Å². The van der Waals surface area contributed by atoms with Gasteiger partial charge >= 0.3 is 0 Å². The molecule has 0 aliphatic rings. The highest BCUT2D eigenvalue weighted by molar-refractivity contribution is 5.89. The normalized spacial score (nSPS) is 11.5. The van der Waals surface area contributed by atoms with E-state index < -0.39 is 0 Å². The van der Waals surface area contributed by atoms with Crippen LogP contribution in [-0.2, 0) is 6.54 Å². The van der Waals surface area contributed by atoms with E-state index in [0.717, 1.165) is 23.1 Å². The van der Waals surface area contributed by atoms with E-state index in [4.69, 9.17) is 5.73 Å². The van der Waals surface area contributed by atoms with Gasteiger partial charge in [-0.25, -0.2) is 9.97 Å². The smallest absolute Gasteiger partial charge is 0.146 e. The number of fused-ring (bicyclic) bond motifs is 1. The number of nitrogens with one attached hydrogen (secondary N) is 1. The van der Waals surface area contributed by atoms with E-state index in [1.807, 2.05) is 7.05 Å². The predicted molar refractivity (Wildman–Crippen MR) is 65.1 cm³/mol. The van der Waals surface area contributed by atoms with Crippen molar-refractivity contribution < 1.29 is 0 Å². The minimum absolute atomic E-state index is 0.363. The summed E-state index contributed by atoms with van der Waals surface area (Å²) in [7, 11) is 1.92. The van der Waals surface area contributed by atoms with Crippen molar-refractivity contribution in [1.82, 2.24) is 19.9 Å². The lowest BCUT2D eigenvalue weighted by molar-refractivity contribution is 0.614. The first-order valence-corrected chi connectivity index (χ1v) is 5.39. The largest absolute Gasteiger partial charge is 0.383 e. The Hall–Kier alpha value is -1.62. The maximum absolute atomic E-state index is 5.91. The molecule has 0 aromatic carbocycles. The molecule has 0 amide bonds. The second-order valence-corrected chi connectivity index (χ2v) is 4.14. The van der Waals surface area contributed by atoms with Gasteiger partial charge in [-0.3, -0.25) is 0 Å². The summed E-state index contributed by atoms with van der Waals surface area (Å²) in [5, 5.41) is 4.09. The fourth-order valence-electron chi connectivity index (χ4n) is 1.90. The Balaban J connectivity index is 2.71. The van der Waals surface area contributed by atoms with Gasteiger partial charge in [0, 0.05) is 18.8 Å². The molecule has 0 atom stereocenters. The van der Waals surface area contributed by atoms with Gasteiger partial charge in [-0.1, -0.05) is 0 Å². The first-order valence-electron chi connectivity index (χ1n) is 5.39. The summed E-state index contributed by atoms with van der Waals surface area (Å²) >= 11 is 0. The van der Waals surface area contributed by atoms with Crippen LogP contribution in [0.5, 0.6) is 0 Å². The average Bonchev–Trinajstić information content (AvgIpc) is 2.59. The van der Waals surface area contributed by atoms with E-state index in [1.165, 1.54) is 6.33 Å². The molecule has 2 aromatic rings. The minimum Gasteiger partial charge on any atom is -0.383 e. The number of hydrogen-bond acceptors (Lipinski definition) is 4. The van der Waals surface area contributed by atoms with E-state index in [0.29, 0.717) is 11.9 Å². The quantitative estimate of drug-likeness (QED) is 0.816. The number of nitrogens with zero attached hydrogens (tertiary/aromatic N) is 3. The number of aromatic nitrogens is 3. The molecule has 86 valence electrons. The number of nitrogen functional groups attached to an aromatic ring is 1. The third-order valence-corrected chi connectivity index (χ3v) is 2.64. The summed E-state index contributed by atoms with van der Waals surface area (Å²) in [5.41, 5.74) is 7.96. The van der Waals surface area contributed by atoms with Crippen LogP contribution in [-0.4, -0.2) is 21.6 Å². The molecule has 2 aromatic heterocycles. The molecule has 0 saturated heterocycles. The fourth-order valence-corrected chi connectivity index (χ4v) is 1.90. The molecular weight excluding hydrogens is 202 g/mol. The molecule has 0 spiro atoms. The Labute approximate surface area is 94.7 Å². The van der Waals surface area contributed by atoms with Gasteiger partial charge in [0.15, 0.2) is 0 Å². The lowest BCUT2D eigenvalue weighted by atomic mass is 10.2. The first kappa shape index (κ1) is 10.9. The highest BCUT2D eigenvalue weighted by Crippen LogP contribution is 2.26. The van der Waals surface area contributed by atoms with Crippen LogP contribution in [0.15, 0.2) is 12.5 Å². The maximum Gasteiger partial charge on any atom is 0.146 e. The fraction of sp³-hybridized carbons (Fsp3) is 0.455. The van der Waals surface area contributed by atoms with Gasteiger partial charge < -0.3 is 15.6 Å². The van der Waals surface area contributed by atoms with Crippen molar-refractivity contribution in [2.24, 2.45) is 0 Å². The number of hydrogen-bond donors (Lipinski definition) is 2. The van der Waals surface area contributed by atoms with Crippen molar-refractivity contribution in [2.45, 2.75) is 26.4 Å². The topological polar surface area (TPSA) is 68.8 Å². The van der Waals surface area contributed by atoms with Crippen LogP contribution in [0.25, 0.3) is 11.0 Å². The molecule has 2 rings (SSSR count). The maximum atomic E-state index is 5.91. The summed E-state index contributed by atoms with van der Waals surface area (Å²) in [6.45, 7) is 5.02. The zero-order valence-electron chi connectivity index (χ0n) is 9.86. The third-order valence-electron chi connectivity index (χ3n) is 2.64. The average molecular weight is 219 g/mol. The third kappa shape index (κ3) is 1.63.